The van der Waals surface area contributed by atoms with Crippen molar-refractivity contribution in [3.05, 3.63) is 40.0 Å². The lowest BCUT2D eigenvalue weighted by atomic mass is 10.3. The topological polar surface area (TPSA) is 96.4 Å². The van der Waals surface area contributed by atoms with Crippen LogP contribution in [-0.4, -0.2) is 24.5 Å². The van der Waals surface area contributed by atoms with Crippen LogP contribution in [0, 0.1) is 11.6 Å². The van der Waals surface area contributed by atoms with Crippen molar-refractivity contribution >= 4 is 44.6 Å². The lowest BCUT2D eigenvalue weighted by Gasteiger charge is -2.09. The van der Waals surface area contributed by atoms with Gasteiger partial charge in [0.25, 0.3) is 10.0 Å². The van der Waals surface area contributed by atoms with Crippen LogP contribution in [0.1, 0.15) is 10.5 Å². The highest BCUT2D eigenvalue weighted by molar-refractivity contribution is 7.94. The van der Waals surface area contributed by atoms with Gasteiger partial charge in [-0.1, -0.05) is 11.6 Å². The highest BCUT2D eigenvalue weighted by Gasteiger charge is 2.27. The Bertz CT molecular complexity index is 799. The molecule has 0 aliphatic rings. The first-order valence-electron chi connectivity index (χ1n) is 5.06. The number of anilines is 1. The Hall–Kier alpha value is -1.78. The molecular formula is C10H5ClF2N2O4S2. The molecule has 0 amide bonds. The molecule has 112 valence electrons. The maximum atomic E-state index is 13.6. The summed E-state index contributed by atoms with van der Waals surface area (Å²) in [5, 5.41) is 8.33. The zero-order chi connectivity index (χ0) is 15.8. The molecule has 0 spiro atoms. The van der Waals surface area contributed by atoms with Crippen molar-refractivity contribution < 1.29 is 27.1 Å². The Morgan fingerprint density at radius 3 is 2.62 bits per heavy atom. The zero-order valence-corrected chi connectivity index (χ0v) is 12.2. The van der Waals surface area contributed by atoms with Crippen molar-refractivity contribution in [3.63, 3.8) is 0 Å². The number of hydrogen-bond donors (Lipinski definition) is 2. The van der Waals surface area contributed by atoms with E-state index in [2.05, 4.69) is 4.98 Å². The van der Waals surface area contributed by atoms with Gasteiger partial charge in [-0.2, -0.15) is 0 Å². The number of aromatic nitrogens is 1. The molecular weight excluding hydrogens is 350 g/mol. The predicted molar refractivity (Wildman–Crippen MR) is 71.2 cm³/mol. The summed E-state index contributed by atoms with van der Waals surface area (Å²) >= 11 is 6.11. The first-order valence-corrected chi connectivity index (χ1v) is 7.80. The van der Waals surface area contributed by atoms with Gasteiger partial charge >= 0.3 is 5.97 Å². The highest BCUT2D eigenvalue weighted by Crippen LogP contribution is 2.30. The summed E-state index contributed by atoms with van der Waals surface area (Å²) < 4.78 is 51.7. The van der Waals surface area contributed by atoms with E-state index in [1.54, 1.807) is 4.72 Å². The molecule has 0 saturated heterocycles. The number of carboxylic acid groups (broad SMARTS) is 1. The Labute approximate surface area is 126 Å². The fourth-order valence-electron chi connectivity index (χ4n) is 1.39. The maximum absolute atomic E-state index is 13.6. The lowest BCUT2D eigenvalue weighted by Crippen LogP contribution is -2.16. The number of carbonyl (C=O) groups is 1. The van der Waals surface area contributed by atoms with Crippen LogP contribution < -0.4 is 4.72 Å². The molecule has 11 heteroatoms. The molecule has 0 aliphatic heterocycles. The number of carboxylic acids is 1. The van der Waals surface area contributed by atoms with Gasteiger partial charge < -0.3 is 5.11 Å². The number of aromatic carboxylic acids is 1. The number of nitrogens with one attached hydrogen (secondary N) is 1. The van der Waals surface area contributed by atoms with Gasteiger partial charge in [-0.05, 0) is 6.07 Å². The first kappa shape index (κ1) is 15.6. The lowest BCUT2D eigenvalue weighted by molar-refractivity contribution is 0.0687. The first-order chi connectivity index (χ1) is 9.72. The molecule has 0 bridgehead atoms. The minimum atomic E-state index is -4.43. The third-order valence-corrected chi connectivity index (χ3v) is 5.24. The second-order valence-electron chi connectivity index (χ2n) is 3.64. The molecule has 2 rings (SSSR count). The van der Waals surface area contributed by atoms with Crippen molar-refractivity contribution in [2.45, 2.75) is 4.21 Å². The Morgan fingerprint density at radius 1 is 1.38 bits per heavy atom. The van der Waals surface area contributed by atoms with Crippen LogP contribution in [0.4, 0.5) is 14.5 Å². The average Bonchev–Trinajstić information content (AvgIpc) is 2.83. The molecule has 0 aliphatic carbocycles. The van der Waals surface area contributed by atoms with Crippen LogP contribution in [0.15, 0.2) is 21.9 Å². The summed E-state index contributed by atoms with van der Waals surface area (Å²) in [7, 11) is -4.43. The summed E-state index contributed by atoms with van der Waals surface area (Å²) in [5.41, 5.74) is -0.366. The number of thiazole rings is 1. The van der Waals surface area contributed by atoms with E-state index < -0.39 is 48.2 Å². The summed E-state index contributed by atoms with van der Waals surface area (Å²) in [5.74, 6) is -3.77. The third kappa shape index (κ3) is 3.12. The normalized spacial score (nSPS) is 11.4. The van der Waals surface area contributed by atoms with Crippen LogP contribution in [-0.2, 0) is 10.0 Å². The van der Waals surface area contributed by atoms with Crippen LogP contribution >= 0.6 is 22.9 Å². The molecule has 0 radical (unpaired) electrons. The van der Waals surface area contributed by atoms with Crippen molar-refractivity contribution in [1.82, 2.24) is 4.98 Å². The van der Waals surface area contributed by atoms with E-state index in [1.165, 1.54) is 0 Å². The molecule has 0 atom stereocenters. The summed E-state index contributed by atoms with van der Waals surface area (Å²) in [6.45, 7) is 0. The Morgan fingerprint density at radius 2 is 2.05 bits per heavy atom. The third-order valence-electron chi connectivity index (χ3n) is 2.22. The average molecular weight is 355 g/mol. The minimum Gasteiger partial charge on any atom is -0.476 e. The van der Waals surface area contributed by atoms with Crippen molar-refractivity contribution in [2.24, 2.45) is 0 Å². The van der Waals surface area contributed by atoms with Gasteiger partial charge in [0.2, 0.25) is 0 Å². The van der Waals surface area contributed by atoms with E-state index in [-0.39, 0.29) is 0 Å². The fraction of sp³-hybridized carbons (Fsp3) is 0. The molecule has 1 aromatic heterocycles. The summed E-state index contributed by atoms with van der Waals surface area (Å²) in [4.78, 5) is 14.3. The largest absolute Gasteiger partial charge is 0.476 e. The summed E-state index contributed by atoms with van der Waals surface area (Å²) in [6, 6.07) is 1.15. The number of halogens is 3. The smallest absolute Gasteiger partial charge is 0.356 e. The fourth-order valence-corrected chi connectivity index (χ4v) is 3.92. The molecule has 6 nitrogen and oxygen atoms in total. The maximum Gasteiger partial charge on any atom is 0.356 e. The monoisotopic (exact) mass is 354 g/mol. The Balaban J connectivity index is 2.48. The SMILES string of the molecule is O=C(O)c1ncsc1S(=O)(=O)Nc1c(F)cc(F)cc1Cl. The van der Waals surface area contributed by atoms with Crippen LogP contribution in [0.5, 0.6) is 0 Å². The second-order valence-corrected chi connectivity index (χ2v) is 6.78. The van der Waals surface area contributed by atoms with Crippen LogP contribution in [0.2, 0.25) is 5.02 Å². The standard InChI is InChI=1S/C10H5ClF2N2O4S2/c11-5-1-4(12)2-6(13)7(5)15-21(18,19)10-8(9(16)17)14-3-20-10/h1-3,15H,(H,16,17). The van der Waals surface area contributed by atoms with Crippen molar-refractivity contribution in [3.8, 4) is 0 Å². The van der Waals surface area contributed by atoms with Gasteiger partial charge in [0.15, 0.2) is 15.7 Å². The summed E-state index contributed by atoms with van der Waals surface area (Å²) in [6.07, 6.45) is 0. The van der Waals surface area contributed by atoms with E-state index in [0.717, 1.165) is 5.51 Å². The van der Waals surface area contributed by atoms with Crippen LogP contribution in [0.3, 0.4) is 0 Å². The van der Waals surface area contributed by atoms with Crippen LogP contribution in [0.25, 0.3) is 0 Å². The molecule has 21 heavy (non-hydrogen) atoms. The number of hydrogen-bond acceptors (Lipinski definition) is 5. The van der Waals surface area contributed by atoms with Gasteiger partial charge in [0, 0.05) is 6.07 Å². The number of nitrogens with zero attached hydrogens (tertiary/aromatic N) is 1. The molecule has 2 aromatic rings. The van der Waals surface area contributed by atoms with Gasteiger partial charge in [0.05, 0.1) is 10.5 Å². The number of rotatable bonds is 4. The molecule has 1 aromatic carbocycles. The predicted octanol–water partition coefficient (Wildman–Crippen LogP) is 2.57. The zero-order valence-electron chi connectivity index (χ0n) is 9.80. The molecule has 0 saturated carbocycles. The van der Waals surface area contributed by atoms with E-state index >= 15 is 0 Å². The molecule has 1 heterocycles. The Kier molecular flexibility index (Phi) is 4.12. The van der Waals surface area contributed by atoms with Gasteiger partial charge in [-0.3, -0.25) is 4.72 Å². The molecule has 0 unspecified atom stereocenters. The number of sulfonamides is 1. The van der Waals surface area contributed by atoms with E-state index in [1.807, 2.05) is 0 Å². The van der Waals surface area contributed by atoms with Gasteiger partial charge in [0.1, 0.15) is 11.5 Å². The second kappa shape index (κ2) is 5.54. The number of benzene rings is 1. The van der Waals surface area contributed by atoms with Crippen molar-refractivity contribution in [1.29, 1.82) is 0 Å². The van der Waals surface area contributed by atoms with Crippen molar-refractivity contribution in [2.75, 3.05) is 4.72 Å². The van der Waals surface area contributed by atoms with Gasteiger partial charge in [-0.15, -0.1) is 11.3 Å². The van der Waals surface area contributed by atoms with E-state index in [0.29, 0.717) is 23.5 Å². The highest BCUT2D eigenvalue weighted by atomic mass is 35.5. The minimum absolute atomic E-state index is 0.439. The molecule has 2 N–H and O–H groups in total. The van der Waals surface area contributed by atoms with E-state index in [4.69, 9.17) is 16.7 Å². The van der Waals surface area contributed by atoms with Gasteiger partial charge in [-0.25, -0.2) is 27.0 Å². The van der Waals surface area contributed by atoms with E-state index in [9.17, 15) is 22.0 Å². The quantitative estimate of drug-likeness (QED) is 0.879. The molecule has 0 fully saturated rings.